The second kappa shape index (κ2) is 5.95. The average molecular weight is 216 g/mol. The smallest absolute Gasteiger partial charge is 0.407 e. The molecule has 0 aromatic carbocycles. The molecule has 0 rings (SSSR count). The molecule has 0 bridgehead atoms. The molecule has 0 unspecified atom stereocenters. The van der Waals surface area contributed by atoms with E-state index in [0.29, 0.717) is 12.5 Å². The van der Waals surface area contributed by atoms with Crippen LogP contribution in [0.25, 0.3) is 0 Å². The van der Waals surface area contributed by atoms with Gasteiger partial charge in [-0.15, -0.1) is 0 Å². The molecule has 15 heavy (non-hydrogen) atoms. The van der Waals surface area contributed by atoms with Crippen molar-refractivity contribution in [3.63, 3.8) is 0 Å². The summed E-state index contributed by atoms with van der Waals surface area (Å²) in [5.41, 5.74) is 5.03. The number of hydrogen-bond donors (Lipinski definition) is 2. The predicted molar refractivity (Wildman–Crippen MR) is 61.7 cm³/mol. The van der Waals surface area contributed by atoms with E-state index in [1.807, 2.05) is 20.8 Å². The molecule has 0 aromatic heterocycles. The van der Waals surface area contributed by atoms with Crippen molar-refractivity contribution in [2.45, 2.75) is 52.7 Å². The number of nitrogens with two attached hydrogens (primary N) is 1. The van der Waals surface area contributed by atoms with Crippen molar-refractivity contribution in [3.8, 4) is 0 Å². The van der Waals surface area contributed by atoms with Gasteiger partial charge in [0.2, 0.25) is 0 Å². The maximum atomic E-state index is 11.5. The molecule has 0 aliphatic carbocycles. The quantitative estimate of drug-likeness (QED) is 0.754. The van der Waals surface area contributed by atoms with Crippen LogP contribution in [0.4, 0.5) is 4.79 Å². The van der Waals surface area contributed by atoms with Gasteiger partial charge in [0.25, 0.3) is 0 Å². The monoisotopic (exact) mass is 216 g/mol. The summed E-state index contributed by atoms with van der Waals surface area (Å²) in [4.78, 5) is 11.5. The molecular formula is C11H24N2O2. The summed E-state index contributed by atoms with van der Waals surface area (Å²) in [6.45, 7) is 10.2. The fourth-order valence-corrected chi connectivity index (χ4v) is 1.21. The molecule has 4 nitrogen and oxygen atoms in total. The number of amides is 1. The summed E-state index contributed by atoms with van der Waals surface area (Å²) in [5, 5.41) is 2.83. The Morgan fingerprint density at radius 3 is 2.27 bits per heavy atom. The Balaban J connectivity index is 4.11. The van der Waals surface area contributed by atoms with Gasteiger partial charge in [0.05, 0.1) is 0 Å². The number of carbonyl (C=O) groups excluding carboxylic acids is 1. The highest BCUT2D eigenvalue weighted by atomic mass is 16.6. The summed E-state index contributed by atoms with van der Waals surface area (Å²) < 4.78 is 5.17. The van der Waals surface area contributed by atoms with Gasteiger partial charge in [-0.3, -0.25) is 0 Å². The number of carbonyl (C=O) groups is 1. The first kappa shape index (κ1) is 14.2. The Kier molecular flexibility index (Phi) is 5.65. The van der Waals surface area contributed by atoms with Gasteiger partial charge < -0.3 is 15.8 Å². The lowest BCUT2D eigenvalue weighted by Crippen LogP contribution is -2.42. The lowest BCUT2D eigenvalue weighted by molar-refractivity contribution is 0.0488. The Bertz CT molecular complexity index is 197. The average Bonchev–Trinajstić information content (AvgIpc) is 1.99. The van der Waals surface area contributed by atoms with E-state index in [2.05, 4.69) is 19.2 Å². The van der Waals surface area contributed by atoms with E-state index < -0.39 is 5.60 Å². The van der Waals surface area contributed by atoms with E-state index in [1.54, 1.807) is 0 Å². The summed E-state index contributed by atoms with van der Waals surface area (Å²) >= 11 is 0. The molecule has 0 saturated heterocycles. The molecule has 0 saturated carbocycles. The minimum Gasteiger partial charge on any atom is -0.444 e. The Morgan fingerprint density at radius 2 is 1.93 bits per heavy atom. The zero-order chi connectivity index (χ0) is 12.1. The van der Waals surface area contributed by atoms with E-state index in [9.17, 15) is 4.79 Å². The van der Waals surface area contributed by atoms with Gasteiger partial charge in [-0.25, -0.2) is 4.79 Å². The van der Waals surface area contributed by atoms with Gasteiger partial charge in [0, 0.05) is 6.04 Å². The summed E-state index contributed by atoms with van der Waals surface area (Å²) in [6.07, 6.45) is 0.409. The minimum atomic E-state index is -0.450. The molecule has 0 heterocycles. The van der Waals surface area contributed by atoms with Crippen LogP contribution in [0.15, 0.2) is 0 Å². The molecule has 0 spiro atoms. The maximum Gasteiger partial charge on any atom is 0.407 e. The highest BCUT2D eigenvalue weighted by Gasteiger charge is 2.20. The van der Waals surface area contributed by atoms with Gasteiger partial charge in [0.15, 0.2) is 0 Å². The third kappa shape index (κ3) is 7.19. The van der Waals surface area contributed by atoms with Gasteiger partial charge in [-0.05, 0) is 39.7 Å². The SMILES string of the molecule is CC(C)[C@@H](CCN)NC(=O)OC(C)(C)C. The van der Waals surface area contributed by atoms with Crippen LogP contribution in [-0.4, -0.2) is 24.3 Å². The second-order valence-electron chi connectivity index (χ2n) is 5.07. The number of alkyl carbamates (subject to hydrolysis) is 1. The van der Waals surface area contributed by atoms with Crippen molar-refractivity contribution in [2.24, 2.45) is 11.7 Å². The predicted octanol–water partition coefficient (Wildman–Crippen LogP) is 1.88. The van der Waals surface area contributed by atoms with Crippen molar-refractivity contribution < 1.29 is 9.53 Å². The molecular weight excluding hydrogens is 192 g/mol. The molecule has 0 aliphatic rings. The Labute approximate surface area is 92.6 Å². The maximum absolute atomic E-state index is 11.5. The lowest BCUT2D eigenvalue weighted by atomic mass is 10.0. The zero-order valence-corrected chi connectivity index (χ0v) is 10.5. The van der Waals surface area contributed by atoms with Crippen molar-refractivity contribution in [2.75, 3.05) is 6.54 Å². The molecule has 0 fully saturated rings. The van der Waals surface area contributed by atoms with Crippen molar-refractivity contribution in [3.05, 3.63) is 0 Å². The van der Waals surface area contributed by atoms with Crippen LogP contribution in [-0.2, 0) is 4.74 Å². The van der Waals surface area contributed by atoms with Gasteiger partial charge in [-0.1, -0.05) is 13.8 Å². The standard InChI is InChI=1S/C11H24N2O2/c1-8(2)9(6-7-12)13-10(14)15-11(3,4)5/h8-9H,6-7,12H2,1-5H3,(H,13,14)/t9-/m1/s1. The lowest BCUT2D eigenvalue weighted by Gasteiger charge is -2.25. The highest BCUT2D eigenvalue weighted by molar-refractivity contribution is 5.68. The largest absolute Gasteiger partial charge is 0.444 e. The topological polar surface area (TPSA) is 64.3 Å². The fraction of sp³-hybridized carbons (Fsp3) is 0.909. The van der Waals surface area contributed by atoms with Crippen LogP contribution in [0.2, 0.25) is 0 Å². The number of rotatable bonds is 4. The minimum absolute atomic E-state index is 0.0878. The van der Waals surface area contributed by atoms with E-state index in [-0.39, 0.29) is 12.1 Å². The second-order valence-corrected chi connectivity index (χ2v) is 5.07. The molecule has 0 aromatic rings. The van der Waals surface area contributed by atoms with Crippen LogP contribution >= 0.6 is 0 Å². The van der Waals surface area contributed by atoms with Gasteiger partial charge >= 0.3 is 6.09 Å². The Morgan fingerprint density at radius 1 is 1.40 bits per heavy atom. The third-order valence-electron chi connectivity index (χ3n) is 1.98. The molecule has 0 radical (unpaired) electrons. The molecule has 0 aliphatic heterocycles. The van der Waals surface area contributed by atoms with Crippen molar-refractivity contribution >= 4 is 6.09 Å². The van der Waals surface area contributed by atoms with E-state index in [4.69, 9.17) is 10.5 Å². The third-order valence-corrected chi connectivity index (χ3v) is 1.98. The zero-order valence-electron chi connectivity index (χ0n) is 10.5. The molecule has 4 heteroatoms. The number of hydrogen-bond acceptors (Lipinski definition) is 3. The normalized spacial score (nSPS) is 13.8. The molecule has 3 N–H and O–H groups in total. The first-order valence-electron chi connectivity index (χ1n) is 5.46. The van der Waals surface area contributed by atoms with Crippen LogP contribution < -0.4 is 11.1 Å². The fourth-order valence-electron chi connectivity index (χ4n) is 1.21. The van der Waals surface area contributed by atoms with Crippen LogP contribution in [0.5, 0.6) is 0 Å². The van der Waals surface area contributed by atoms with Crippen LogP contribution in [0.1, 0.15) is 41.0 Å². The molecule has 90 valence electrons. The van der Waals surface area contributed by atoms with Gasteiger partial charge in [-0.2, -0.15) is 0 Å². The summed E-state index contributed by atoms with van der Waals surface area (Å²) in [5.74, 6) is 0.362. The highest BCUT2D eigenvalue weighted by Crippen LogP contribution is 2.09. The van der Waals surface area contributed by atoms with Crippen LogP contribution in [0.3, 0.4) is 0 Å². The van der Waals surface area contributed by atoms with Crippen molar-refractivity contribution in [1.29, 1.82) is 0 Å². The van der Waals surface area contributed by atoms with Crippen molar-refractivity contribution in [1.82, 2.24) is 5.32 Å². The molecule has 1 amide bonds. The summed E-state index contributed by atoms with van der Waals surface area (Å²) in [7, 11) is 0. The number of ether oxygens (including phenoxy) is 1. The summed E-state index contributed by atoms with van der Waals surface area (Å²) in [6, 6.07) is 0.0878. The number of nitrogens with one attached hydrogen (secondary N) is 1. The van der Waals surface area contributed by atoms with E-state index in [1.165, 1.54) is 0 Å². The first-order chi connectivity index (χ1) is 6.76. The van der Waals surface area contributed by atoms with E-state index >= 15 is 0 Å². The van der Waals surface area contributed by atoms with E-state index in [0.717, 1.165) is 6.42 Å². The Hall–Kier alpha value is -0.770. The van der Waals surface area contributed by atoms with Gasteiger partial charge in [0.1, 0.15) is 5.60 Å². The molecule has 1 atom stereocenters. The van der Waals surface area contributed by atoms with Crippen LogP contribution in [0, 0.1) is 5.92 Å². The first-order valence-corrected chi connectivity index (χ1v) is 5.46.